The second-order valence-corrected chi connectivity index (χ2v) is 9.87. The molecule has 1 N–H and O–H groups in total. The van der Waals surface area contributed by atoms with E-state index in [0.29, 0.717) is 25.0 Å². The summed E-state index contributed by atoms with van der Waals surface area (Å²) in [4.78, 5) is 7.04. The van der Waals surface area contributed by atoms with Crippen molar-refractivity contribution < 1.29 is 13.6 Å². The van der Waals surface area contributed by atoms with Gasteiger partial charge in [0.25, 0.3) is 0 Å². The highest BCUT2D eigenvalue weighted by atomic mass is 31.2. The van der Waals surface area contributed by atoms with Gasteiger partial charge in [-0.1, -0.05) is 24.3 Å². The van der Waals surface area contributed by atoms with Gasteiger partial charge >= 0.3 is 7.75 Å². The van der Waals surface area contributed by atoms with Crippen molar-refractivity contribution in [2.45, 2.75) is 38.8 Å². The van der Waals surface area contributed by atoms with Gasteiger partial charge in [-0.05, 0) is 62.8 Å². The summed E-state index contributed by atoms with van der Waals surface area (Å²) in [7, 11) is -3.45. The minimum Gasteiger partial charge on any atom is -0.298 e. The molecule has 0 amide bonds. The van der Waals surface area contributed by atoms with Crippen LogP contribution < -0.4 is 5.09 Å². The number of nitrogens with zero attached hydrogens (tertiary/aromatic N) is 2. The Morgan fingerprint density at radius 2 is 2.07 bits per heavy atom. The average Bonchev–Trinajstić information content (AvgIpc) is 2.78. The van der Waals surface area contributed by atoms with Gasteiger partial charge in [0.15, 0.2) is 0 Å². The number of nitrogens with one attached hydrogen (secondary N) is 1. The Hall–Kier alpha value is -1.56. The van der Waals surface area contributed by atoms with E-state index in [1.54, 1.807) is 0 Å². The maximum absolute atomic E-state index is 13.5. The van der Waals surface area contributed by atoms with Gasteiger partial charge in [0.05, 0.1) is 24.8 Å². The van der Waals surface area contributed by atoms with Crippen LogP contribution in [0.15, 0.2) is 49.2 Å². The van der Waals surface area contributed by atoms with E-state index in [1.807, 2.05) is 44.3 Å². The van der Waals surface area contributed by atoms with E-state index >= 15 is 0 Å². The van der Waals surface area contributed by atoms with E-state index in [1.165, 1.54) is 6.42 Å². The predicted octanol–water partition coefficient (Wildman–Crippen LogP) is 4.94. The molecule has 4 heterocycles. The highest BCUT2D eigenvalue weighted by molar-refractivity contribution is 7.51. The second kappa shape index (κ2) is 9.29. The Kier molecular flexibility index (Phi) is 6.71. The summed E-state index contributed by atoms with van der Waals surface area (Å²) in [6, 6.07) is 10.2. The molecule has 162 valence electrons. The molecule has 3 aliphatic heterocycles. The van der Waals surface area contributed by atoms with Gasteiger partial charge < -0.3 is 0 Å². The Labute approximate surface area is 179 Å². The van der Waals surface area contributed by atoms with E-state index < -0.39 is 7.75 Å². The third kappa shape index (κ3) is 4.25. The Morgan fingerprint density at radius 1 is 1.30 bits per heavy atom. The fraction of sp³-hybridized carbons (Fsp3) is 0.522. The van der Waals surface area contributed by atoms with Gasteiger partial charge in [0.1, 0.15) is 0 Å². The number of hydrogen-bond acceptors (Lipinski definition) is 5. The van der Waals surface area contributed by atoms with E-state index in [0.717, 1.165) is 36.0 Å². The molecular weight excluding hydrogens is 397 g/mol. The second-order valence-electron chi connectivity index (χ2n) is 8.10. The maximum Gasteiger partial charge on any atom is 0.406 e. The van der Waals surface area contributed by atoms with Crippen molar-refractivity contribution in [3.05, 3.63) is 54.7 Å². The first kappa shape index (κ1) is 21.7. The van der Waals surface area contributed by atoms with Gasteiger partial charge in [0, 0.05) is 24.2 Å². The van der Waals surface area contributed by atoms with Crippen LogP contribution in [0.25, 0.3) is 10.9 Å². The third-order valence-electron chi connectivity index (χ3n) is 6.45. The molecule has 5 rings (SSSR count). The van der Waals surface area contributed by atoms with Crippen LogP contribution in [0.3, 0.4) is 0 Å². The van der Waals surface area contributed by atoms with Crippen molar-refractivity contribution >= 4 is 18.6 Å². The number of para-hydroxylation sites is 1. The fourth-order valence-corrected chi connectivity index (χ4v) is 6.65. The Morgan fingerprint density at radius 3 is 2.73 bits per heavy atom. The lowest BCUT2D eigenvalue weighted by atomic mass is 9.73. The minimum atomic E-state index is -3.45. The molecule has 3 saturated heterocycles. The Bertz CT molecular complexity index is 922. The zero-order chi connectivity index (χ0) is 21.1. The summed E-state index contributed by atoms with van der Waals surface area (Å²) in [5.41, 5.74) is 2.03. The van der Waals surface area contributed by atoms with Crippen LogP contribution in [0.4, 0.5) is 0 Å². The molecule has 0 spiro atoms. The number of hydrogen-bond donors (Lipinski definition) is 1. The third-order valence-corrected chi connectivity index (χ3v) is 8.24. The molecule has 3 fully saturated rings. The molecule has 2 aromatic rings. The summed E-state index contributed by atoms with van der Waals surface area (Å²) < 4.78 is 24.7. The molecular formula is C23H32N3O3P. The van der Waals surface area contributed by atoms with E-state index in [4.69, 9.17) is 9.05 Å². The molecule has 0 aliphatic carbocycles. The summed E-state index contributed by atoms with van der Waals surface area (Å²) in [5.74, 6) is 1.13. The number of piperidine rings is 3. The molecule has 0 radical (unpaired) electrons. The fourth-order valence-electron chi connectivity index (χ4n) is 5.10. The normalized spacial score (nSPS) is 27.3. The molecule has 7 heteroatoms. The highest BCUT2D eigenvalue weighted by Crippen LogP contribution is 2.50. The predicted molar refractivity (Wildman–Crippen MR) is 120 cm³/mol. The molecule has 1 aromatic carbocycles. The van der Waals surface area contributed by atoms with Crippen molar-refractivity contribution in [2.24, 2.45) is 11.8 Å². The molecule has 0 saturated carbocycles. The van der Waals surface area contributed by atoms with E-state index in [2.05, 4.69) is 33.7 Å². The van der Waals surface area contributed by atoms with Gasteiger partial charge in [-0.3, -0.25) is 18.9 Å². The van der Waals surface area contributed by atoms with Crippen LogP contribution >= 0.6 is 7.75 Å². The standard InChI is InChI=1S/C23H32N3O3P/c1-4-17-16-26-14-12-18(17)15-22(26)23(25-30(27,28-5-2)29-6-3)20-11-13-24-21-10-8-7-9-19(20)21/h4,7-11,13,17-18,22-23H,1,5-6,12,14-16H2,2-3H3,(H,25,27)/t17-,18-,22+,23-/m0/s1. The number of fused-ring (bicyclic) bond motifs is 4. The van der Waals surface area contributed by atoms with Crippen LogP contribution in [0, 0.1) is 11.8 Å². The molecule has 5 atom stereocenters. The van der Waals surface area contributed by atoms with Crippen LogP contribution in [0.5, 0.6) is 0 Å². The average molecular weight is 430 g/mol. The van der Waals surface area contributed by atoms with E-state index in [9.17, 15) is 4.57 Å². The van der Waals surface area contributed by atoms with Gasteiger partial charge in [-0.2, -0.15) is 0 Å². The zero-order valence-corrected chi connectivity index (χ0v) is 18.8. The van der Waals surface area contributed by atoms with Crippen molar-refractivity contribution in [1.82, 2.24) is 15.0 Å². The number of benzene rings is 1. The SMILES string of the molecule is C=C[C@H]1CN2CC[C@H]1C[C@@H]2[C@@H](NP(=O)(OCC)OCC)c1ccnc2ccccc12. The van der Waals surface area contributed by atoms with Crippen molar-refractivity contribution in [1.29, 1.82) is 0 Å². The van der Waals surface area contributed by atoms with Crippen LogP contribution in [0.1, 0.15) is 38.3 Å². The smallest absolute Gasteiger partial charge is 0.298 e. The number of pyridine rings is 1. The van der Waals surface area contributed by atoms with Crippen molar-refractivity contribution in [3.8, 4) is 0 Å². The summed E-state index contributed by atoms with van der Waals surface area (Å²) in [6.45, 7) is 10.4. The molecule has 3 aliphatic rings. The van der Waals surface area contributed by atoms with Gasteiger partial charge in [-0.15, -0.1) is 6.58 Å². The summed E-state index contributed by atoms with van der Waals surface area (Å²) in [6.07, 6.45) is 6.15. The summed E-state index contributed by atoms with van der Waals surface area (Å²) >= 11 is 0. The molecule has 1 unspecified atom stereocenters. The van der Waals surface area contributed by atoms with Gasteiger partial charge in [0.2, 0.25) is 0 Å². The quantitative estimate of drug-likeness (QED) is 0.450. The molecule has 6 nitrogen and oxygen atoms in total. The summed E-state index contributed by atoms with van der Waals surface area (Å²) in [5, 5.41) is 4.41. The largest absolute Gasteiger partial charge is 0.406 e. The number of rotatable bonds is 9. The van der Waals surface area contributed by atoms with E-state index in [-0.39, 0.29) is 12.1 Å². The maximum atomic E-state index is 13.5. The first-order valence-electron chi connectivity index (χ1n) is 11.0. The molecule has 1 aromatic heterocycles. The van der Waals surface area contributed by atoms with Crippen LogP contribution in [-0.2, 0) is 13.6 Å². The van der Waals surface area contributed by atoms with Crippen molar-refractivity contribution in [2.75, 3.05) is 26.3 Å². The first-order valence-corrected chi connectivity index (χ1v) is 12.5. The van der Waals surface area contributed by atoms with Gasteiger partial charge in [-0.25, -0.2) is 9.65 Å². The zero-order valence-electron chi connectivity index (χ0n) is 17.9. The molecule has 30 heavy (non-hydrogen) atoms. The lowest BCUT2D eigenvalue weighted by Crippen LogP contribution is -2.56. The monoisotopic (exact) mass is 429 g/mol. The van der Waals surface area contributed by atoms with Crippen LogP contribution in [-0.4, -0.2) is 42.2 Å². The van der Waals surface area contributed by atoms with Crippen molar-refractivity contribution in [3.63, 3.8) is 0 Å². The molecule has 2 bridgehead atoms. The highest BCUT2D eigenvalue weighted by Gasteiger charge is 2.45. The lowest BCUT2D eigenvalue weighted by Gasteiger charge is -2.52. The minimum absolute atomic E-state index is 0.185. The van der Waals surface area contributed by atoms with Crippen LogP contribution in [0.2, 0.25) is 0 Å². The Balaban J connectivity index is 1.76. The topological polar surface area (TPSA) is 63.7 Å². The number of aromatic nitrogens is 1. The first-order chi connectivity index (χ1) is 14.6. The lowest BCUT2D eigenvalue weighted by molar-refractivity contribution is 0.00315.